The average Bonchev–Trinajstić information content (AvgIpc) is 3.03. The third kappa shape index (κ3) is 5.55. The second kappa shape index (κ2) is 10.4. The van der Waals surface area contributed by atoms with Crippen LogP contribution >= 0.6 is 50.7 Å². The molecule has 0 unspecified atom stereocenters. The Morgan fingerprint density at radius 3 is 2.41 bits per heavy atom. The van der Waals surface area contributed by atoms with Crippen LogP contribution in [0.3, 0.4) is 0 Å². The number of ether oxygens (including phenoxy) is 1. The van der Waals surface area contributed by atoms with Crippen LogP contribution in [0.15, 0.2) is 64.8 Å². The molecule has 0 aliphatic carbocycles. The highest BCUT2D eigenvalue weighted by Crippen LogP contribution is 2.36. The Morgan fingerprint density at radius 1 is 1.00 bits per heavy atom. The van der Waals surface area contributed by atoms with Gasteiger partial charge in [-0.05, 0) is 69.5 Å². The molecule has 174 valence electrons. The molecule has 5 nitrogen and oxygen atoms in total. The summed E-state index contributed by atoms with van der Waals surface area (Å²) in [6.45, 7) is 0.189. The summed E-state index contributed by atoms with van der Waals surface area (Å²) in [4.78, 5) is 26.1. The molecule has 1 N–H and O–H groups in total. The molecule has 34 heavy (non-hydrogen) atoms. The summed E-state index contributed by atoms with van der Waals surface area (Å²) < 4.78 is 19.5. The van der Waals surface area contributed by atoms with Crippen LogP contribution in [0.2, 0.25) is 15.1 Å². The molecule has 4 rings (SSSR count). The van der Waals surface area contributed by atoms with Crippen LogP contribution in [0.1, 0.15) is 16.7 Å². The zero-order valence-corrected chi connectivity index (χ0v) is 21.1. The number of benzene rings is 3. The SMILES string of the molecule is O=C1N/C(=C/c2cc(Cl)c(OCc3ccc(Cl)cc3Cl)c(Br)c2)C(=O)N1Cc1ccc(F)cc1. The highest BCUT2D eigenvalue weighted by molar-refractivity contribution is 9.10. The fourth-order valence-corrected chi connectivity index (χ4v) is 4.70. The molecular formula is C24H15BrCl3FN2O3. The predicted octanol–water partition coefficient (Wildman–Crippen LogP) is 7.22. The highest BCUT2D eigenvalue weighted by atomic mass is 79.9. The second-order valence-electron chi connectivity index (χ2n) is 7.34. The molecule has 1 heterocycles. The lowest BCUT2D eigenvalue weighted by Crippen LogP contribution is -2.30. The Morgan fingerprint density at radius 2 is 1.74 bits per heavy atom. The van der Waals surface area contributed by atoms with E-state index in [1.807, 2.05) is 0 Å². The molecule has 1 saturated heterocycles. The zero-order valence-electron chi connectivity index (χ0n) is 17.2. The van der Waals surface area contributed by atoms with Gasteiger partial charge < -0.3 is 10.1 Å². The van der Waals surface area contributed by atoms with Crippen molar-refractivity contribution in [2.24, 2.45) is 0 Å². The molecule has 0 bridgehead atoms. The first-order valence-corrected chi connectivity index (χ1v) is 11.8. The molecule has 0 atom stereocenters. The van der Waals surface area contributed by atoms with E-state index < -0.39 is 17.8 Å². The van der Waals surface area contributed by atoms with Crippen LogP contribution < -0.4 is 10.1 Å². The van der Waals surface area contributed by atoms with E-state index in [-0.39, 0.29) is 18.8 Å². The Balaban J connectivity index is 1.50. The van der Waals surface area contributed by atoms with Gasteiger partial charge in [-0.15, -0.1) is 0 Å². The summed E-state index contributed by atoms with van der Waals surface area (Å²) in [6, 6.07) is 13.4. The normalized spacial score (nSPS) is 14.6. The third-order valence-corrected chi connectivity index (χ3v) is 6.39. The lowest BCUT2D eigenvalue weighted by atomic mass is 10.1. The van der Waals surface area contributed by atoms with E-state index in [1.165, 1.54) is 30.3 Å². The van der Waals surface area contributed by atoms with Gasteiger partial charge in [0.2, 0.25) is 0 Å². The number of urea groups is 1. The fourth-order valence-electron chi connectivity index (χ4n) is 3.24. The summed E-state index contributed by atoms with van der Waals surface area (Å²) in [7, 11) is 0. The Kier molecular flexibility index (Phi) is 7.48. The summed E-state index contributed by atoms with van der Waals surface area (Å²) in [5, 5.41) is 3.85. The maximum atomic E-state index is 13.1. The highest BCUT2D eigenvalue weighted by Gasteiger charge is 2.33. The van der Waals surface area contributed by atoms with Crippen LogP contribution in [0, 0.1) is 5.82 Å². The molecule has 0 radical (unpaired) electrons. The van der Waals surface area contributed by atoms with Gasteiger partial charge in [0.05, 0.1) is 16.0 Å². The van der Waals surface area contributed by atoms with Gasteiger partial charge in [0.15, 0.2) is 5.75 Å². The van der Waals surface area contributed by atoms with Gasteiger partial charge in [-0.2, -0.15) is 0 Å². The number of carbonyl (C=O) groups is 2. The molecule has 3 amide bonds. The van der Waals surface area contributed by atoms with Gasteiger partial charge in [-0.3, -0.25) is 9.69 Å². The number of nitrogens with zero attached hydrogens (tertiary/aromatic N) is 1. The largest absolute Gasteiger partial charge is 0.486 e. The molecule has 1 aliphatic heterocycles. The first kappa shape index (κ1) is 24.5. The Labute approximate surface area is 218 Å². The molecular weight excluding hydrogens is 570 g/mol. The quantitative estimate of drug-likeness (QED) is 0.246. The Bertz CT molecular complexity index is 1290. The van der Waals surface area contributed by atoms with Gasteiger partial charge in [-0.1, -0.05) is 53.0 Å². The number of amides is 3. The summed E-state index contributed by atoms with van der Waals surface area (Å²) in [5.41, 5.74) is 2.03. The first-order chi connectivity index (χ1) is 16.2. The van der Waals surface area contributed by atoms with Crippen LogP contribution in [-0.2, 0) is 17.9 Å². The zero-order chi connectivity index (χ0) is 24.4. The maximum Gasteiger partial charge on any atom is 0.329 e. The van der Waals surface area contributed by atoms with Gasteiger partial charge in [0.1, 0.15) is 18.1 Å². The van der Waals surface area contributed by atoms with Gasteiger partial charge in [-0.25, -0.2) is 9.18 Å². The average molecular weight is 585 g/mol. The molecule has 10 heteroatoms. The second-order valence-corrected chi connectivity index (χ2v) is 9.45. The summed E-state index contributed by atoms with van der Waals surface area (Å²) >= 11 is 22.0. The molecule has 0 saturated carbocycles. The fraction of sp³-hybridized carbons (Fsp3) is 0.0833. The van der Waals surface area contributed by atoms with Gasteiger partial charge in [0, 0.05) is 15.6 Å². The molecule has 3 aromatic rings. The van der Waals surface area contributed by atoms with E-state index in [2.05, 4.69) is 21.2 Å². The molecule has 0 aromatic heterocycles. The molecule has 1 fully saturated rings. The minimum atomic E-state index is -0.564. The van der Waals surface area contributed by atoms with Crippen molar-refractivity contribution in [1.82, 2.24) is 10.2 Å². The van der Waals surface area contributed by atoms with E-state index in [0.29, 0.717) is 36.4 Å². The van der Waals surface area contributed by atoms with Gasteiger partial charge in [0.25, 0.3) is 5.91 Å². The minimum Gasteiger partial charge on any atom is -0.486 e. The van der Waals surface area contributed by atoms with E-state index in [0.717, 1.165) is 10.5 Å². The van der Waals surface area contributed by atoms with Crippen molar-refractivity contribution in [3.63, 3.8) is 0 Å². The molecule has 3 aromatic carbocycles. The van der Waals surface area contributed by atoms with Crippen LogP contribution in [0.25, 0.3) is 6.08 Å². The van der Waals surface area contributed by atoms with Crippen LogP contribution in [-0.4, -0.2) is 16.8 Å². The number of hydrogen-bond acceptors (Lipinski definition) is 3. The number of rotatable bonds is 6. The predicted molar refractivity (Wildman–Crippen MR) is 133 cm³/mol. The third-order valence-electron chi connectivity index (χ3n) is 4.93. The van der Waals surface area contributed by atoms with Crippen molar-refractivity contribution in [3.8, 4) is 5.75 Å². The van der Waals surface area contributed by atoms with Crippen LogP contribution in [0.5, 0.6) is 5.75 Å². The monoisotopic (exact) mass is 582 g/mol. The number of nitrogens with one attached hydrogen (secondary N) is 1. The maximum absolute atomic E-state index is 13.1. The van der Waals surface area contributed by atoms with Crippen molar-refractivity contribution in [1.29, 1.82) is 0 Å². The molecule has 1 aliphatic rings. The van der Waals surface area contributed by atoms with Crippen molar-refractivity contribution in [2.45, 2.75) is 13.2 Å². The van der Waals surface area contributed by atoms with E-state index in [9.17, 15) is 14.0 Å². The Hall–Kier alpha value is -2.58. The number of imide groups is 1. The number of halogens is 5. The number of carbonyl (C=O) groups excluding carboxylic acids is 2. The van der Waals surface area contributed by atoms with Crippen molar-refractivity contribution >= 4 is 68.7 Å². The van der Waals surface area contributed by atoms with Crippen molar-refractivity contribution in [3.05, 3.63) is 102 Å². The van der Waals surface area contributed by atoms with E-state index in [1.54, 1.807) is 30.3 Å². The topological polar surface area (TPSA) is 58.6 Å². The lowest BCUT2D eigenvalue weighted by molar-refractivity contribution is -0.123. The van der Waals surface area contributed by atoms with E-state index >= 15 is 0 Å². The minimum absolute atomic E-state index is 0.0206. The first-order valence-electron chi connectivity index (χ1n) is 9.86. The lowest BCUT2D eigenvalue weighted by Gasteiger charge is -2.12. The van der Waals surface area contributed by atoms with Crippen LogP contribution in [0.4, 0.5) is 9.18 Å². The standard InChI is InChI=1S/C24H15BrCl3FN2O3/c25-18-7-14(8-20(28)22(18)34-12-15-3-4-16(26)10-19(15)27)9-21-23(32)31(24(33)30-21)11-13-1-5-17(29)6-2-13/h1-10H,11-12H2,(H,30,33)/b21-9+. The van der Waals surface area contributed by atoms with Crippen molar-refractivity contribution < 1.29 is 18.7 Å². The van der Waals surface area contributed by atoms with Crippen molar-refractivity contribution in [2.75, 3.05) is 0 Å². The summed E-state index contributed by atoms with van der Waals surface area (Å²) in [6.07, 6.45) is 1.52. The smallest absolute Gasteiger partial charge is 0.329 e. The number of hydrogen-bond donors (Lipinski definition) is 1. The van der Waals surface area contributed by atoms with Gasteiger partial charge >= 0.3 is 6.03 Å². The van der Waals surface area contributed by atoms with E-state index in [4.69, 9.17) is 39.5 Å². The summed E-state index contributed by atoms with van der Waals surface area (Å²) in [5.74, 6) is -0.499. The molecule has 0 spiro atoms.